The van der Waals surface area contributed by atoms with Crippen LogP contribution in [0.2, 0.25) is 0 Å². The molecule has 168 valence electrons. The molecule has 6 nitrogen and oxygen atoms in total. The van der Waals surface area contributed by atoms with Crippen LogP contribution in [0.3, 0.4) is 0 Å². The normalized spacial score (nSPS) is 27.8. The number of nitrogens with zero attached hydrogens (tertiary/aromatic N) is 2. The quantitative estimate of drug-likeness (QED) is 0.667. The molecule has 4 rings (SSSR count). The zero-order valence-electron chi connectivity index (χ0n) is 18.3. The summed E-state index contributed by atoms with van der Waals surface area (Å²) in [5.74, 6) is 0.905. The van der Waals surface area contributed by atoms with E-state index < -0.39 is 10.0 Å². The molecule has 0 aromatic heterocycles. The van der Waals surface area contributed by atoms with Crippen molar-refractivity contribution >= 4 is 15.8 Å². The number of carbonyl (C=O) groups is 1. The highest BCUT2D eigenvalue weighted by Crippen LogP contribution is 2.36. The monoisotopic (exact) mass is 443 g/mol. The number of hydrogen-bond acceptors (Lipinski definition) is 5. The van der Waals surface area contributed by atoms with Gasteiger partial charge in [-0.3, -0.25) is 4.79 Å². The first-order valence-corrected chi connectivity index (χ1v) is 13.3. The molecule has 0 amide bonds. The first-order chi connectivity index (χ1) is 14.9. The van der Waals surface area contributed by atoms with E-state index in [2.05, 4.69) is 35.7 Å². The molecule has 0 unspecified atom stereocenters. The standard InChI is InChI=1S/C24H33N3O3S/c1-2-31(29,30)27-11-9-20(10-12-27)19-5-3-17(4-6-19)13-18(16-25)14-23(28)24-21-7-8-22(15-21)26-24/h3-6,18,20-22,24,26H,2,7-15H2,1H3/t18-,21+,22-,24+/m1/s1. The first kappa shape index (κ1) is 22.4. The molecule has 1 aliphatic carbocycles. The van der Waals surface area contributed by atoms with Crippen molar-refractivity contribution in [2.24, 2.45) is 11.8 Å². The lowest BCUT2D eigenvalue weighted by atomic mass is 9.87. The van der Waals surface area contributed by atoms with Crippen molar-refractivity contribution in [1.82, 2.24) is 9.62 Å². The van der Waals surface area contributed by atoms with Gasteiger partial charge in [0.1, 0.15) is 0 Å². The molecule has 2 saturated heterocycles. The largest absolute Gasteiger partial charge is 0.304 e. The molecule has 0 radical (unpaired) electrons. The third-order valence-corrected chi connectivity index (χ3v) is 9.36. The number of nitriles is 1. The number of Topliss-reactive ketones (excluding diaryl/α,β-unsaturated/α-hetero) is 1. The third kappa shape index (κ3) is 5.02. The van der Waals surface area contributed by atoms with E-state index in [1.807, 2.05) is 0 Å². The molecular weight excluding hydrogens is 410 g/mol. The first-order valence-electron chi connectivity index (χ1n) is 11.6. The van der Waals surface area contributed by atoms with Gasteiger partial charge in [-0.05, 0) is 68.4 Å². The van der Waals surface area contributed by atoms with Gasteiger partial charge in [-0.1, -0.05) is 24.3 Å². The van der Waals surface area contributed by atoms with Crippen molar-refractivity contribution in [2.45, 2.75) is 69.9 Å². The Morgan fingerprint density at radius 1 is 1.19 bits per heavy atom. The molecule has 2 aliphatic heterocycles. The van der Waals surface area contributed by atoms with E-state index >= 15 is 0 Å². The van der Waals surface area contributed by atoms with Gasteiger partial charge in [0, 0.05) is 25.6 Å². The Morgan fingerprint density at radius 3 is 2.45 bits per heavy atom. The summed E-state index contributed by atoms with van der Waals surface area (Å²) < 4.78 is 25.7. The Bertz CT molecular complexity index is 930. The molecule has 1 aromatic carbocycles. The number of ketones is 1. The number of rotatable bonds is 8. The van der Waals surface area contributed by atoms with E-state index in [1.54, 1.807) is 11.2 Å². The molecule has 4 atom stereocenters. The number of sulfonamides is 1. The van der Waals surface area contributed by atoms with Gasteiger partial charge in [-0.2, -0.15) is 5.26 Å². The fourth-order valence-electron chi connectivity index (χ4n) is 5.61. The second-order valence-corrected chi connectivity index (χ2v) is 11.7. The van der Waals surface area contributed by atoms with E-state index in [-0.39, 0.29) is 23.5 Å². The van der Waals surface area contributed by atoms with Crippen LogP contribution in [0.15, 0.2) is 24.3 Å². The van der Waals surface area contributed by atoms with Crippen molar-refractivity contribution in [3.8, 4) is 6.07 Å². The molecule has 3 fully saturated rings. The topological polar surface area (TPSA) is 90.3 Å². The minimum Gasteiger partial charge on any atom is -0.304 e. The summed E-state index contributed by atoms with van der Waals surface area (Å²) in [6.07, 6.45) is 6.01. The summed E-state index contributed by atoms with van der Waals surface area (Å²) in [4.78, 5) is 12.7. The maximum atomic E-state index is 12.7. The van der Waals surface area contributed by atoms with Crippen molar-refractivity contribution in [2.75, 3.05) is 18.8 Å². The molecule has 0 spiro atoms. The lowest BCUT2D eigenvalue weighted by Gasteiger charge is -2.31. The molecule has 3 aliphatic rings. The molecule has 7 heteroatoms. The predicted octanol–water partition coefficient (Wildman–Crippen LogP) is 3.00. The van der Waals surface area contributed by atoms with Crippen LogP contribution >= 0.6 is 0 Å². The Balaban J connectivity index is 1.30. The fraction of sp³-hybridized carbons (Fsp3) is 0.667. The van der Waals surface area contributed by atoms with Crippen LogP contribution in [0.1, 0.15) is 62.5 Å². The Kier molecular flexibility index (Phi) is 6.80. The predicted molar refractivity (Wildman–Crippen MR) is 120 cm³/mol. The Hall–Kier alpha value is -1.75. The minimum absolute atomic E-state index is 0.0423. The molecule has 1 N–H and O–H groups in total. The van der Waals surface area contributed by atoms with Crippen LogP contribution < -0.4 is 5.32 Å². The summed E-state index contributed by atoms with van der Waals surface area (Å²) in [5.41, 5.74) is 2.31. The summed E-state index contributed by atoms with van der Waals surface area (Å²) >= 11 is 0. The van der Waals surface area contributed by atoms with Crippen LogP contribution in [0.4, 0.5) is 0 Å². The highest BCUT2D eigenvalue weighted by atomic mass is 32.2. The van der Waals surface area contributed by atoms with Crippen molar-refractivity contribution in [1.29, 1.82) is 5.26 Å². The zero-order chi connectivity index (χ0) is 22.0. The van der Waals surface area contributed by atoms with Crippen LogP contribution in [0.25, 0.3) is 0 Å². The second kappa shape index (κ2) is 9.40. The van der Waals surface area contributed by atoms with Gasteiger partial charge in [0.25, 0.3) is 0 Å². The lowest BCUT2D eigenvalue weighted by molar-refractivity contribution is -0.122. The highest BCUT2D eigenvalue weighted by Gasteiger charge is 2.42. The molecule has 1 saturated carbocycles. The third-order valence-electron chi connectivity index (χ3n) is 7.48. The number of carbonyl (C=O) groups excluding carboxylic acids is 1. The van der Waals surface area contributed by atoms with Crippen LogP contribution in [0, 0.1) is 23.2 Å². The Labute approximate surface area is 186 Å². The smallest absolute Gasteiger partial charge is 0.213 e. The van der Waals surface area contributed by atoms with Crippen LogP contribution in [-0.4, -0.2) is 49.4 Å². The summed E-state index contributed by atoms with van der Waals surface area (Å²) in [7, 11) is -3.10. The van der Waals surface area contributed by atoms with Gasteiger partial charge in [0.05, 0.1) is 23.8 Å². The summed E-state index contributed by atoms with van der Waals surface area (Å²) in [6, 6.07) is 11.1. The molecular formula is C24H33N3O3S. The van der Waals surface area contributed by atoms with Crippen molar-refractivity contribution in [3.05, 3.63) is 35.4 Å². The Morgan fingerprint density at radius 2 is 1.90 bits per heavy atom. The SMILES string of the molecule is CCS(=O)(=O)N1CCC(c2ccc(C[C@@H](C#N)CC(=O)[C@H]3N[C@@H]4CC[C@H]3C4)cc2)CC1. The fourth-order valence-corrected chi connectivity index (χ4v) is 6.74. The lowest BCUT2D eigenvalue weighted by Crippen LogP contribution is -2.42. The van der Waals surface area contributed by atoms with Crippen molar-refractivity contribution < 1.29 is 13.2 Å². The number of fused-ring (bicyclic) bond motifs is 2. The molecule has 1 aromatic rings. The van der Waals surface area contributed by atoms with Crippen molar-refractivity contribution in [3.63, 3.8) is 0 Å². The van der Waals surface area contributed by atoms with E-state index in [0.717, 1.165) is 31.2 Å². The van der Waals surface area contributed by atoms with Gasteiger partial charge in [0.15, 0.2) is 5.78 Å². The number of nitrogens with one attached hydrogen (secondary N) is 1. The van der Waals surface area contributed by atoms with Gasteiger partial charge in [-0.25, -0.2) is 12.7 Å². The maximum absolute atomic E-state index is 12.7. The highest BCUT2D eigenvalue weighted by molar-refractivity contribution is 7.89. The number of hydrogen-bond donors (Lipinski definition) is 1. The minimum atomic E-state index is -3.10. The van der Waals surface area contributed by atoms with Gasteiger partial charge in [0.2, 0.25) is 10.0 Å². The average Bonchev–Trinajstić information content (AvgIpc) is 3.43. The van der Waals surface area contributed by atoms with Gasteiger partial charge >= 0.3 is 0 Å². The van der Waals surface area contributed by atoms with Crippen LogP contribution in [-0.2, 0) is 21.2 Å². The number of piperidine rings is 2. The molecule has 2 bridgehead atoms. The molecule has 2 heterocycles. The summed E-state index contributed by atoms with van der Waals surface area (Å²) in [6.45, 7) is 2.85. The molecule has 31 heavy (non-hydrogen) atoms. The van der Waals surface area contributed by atoms with E-state index in [0.29, 0.717) is 43.8 Å². The summed E-state index contributed by atoms with van der Waals surface area (Å²) in [5, 5.41) is 13.0. The maximum Gasteiger partial charge on any atom is 0.213 e. The van der Waals surface area contributed by atoms with Gasteiger partial charge in [-0.15, -0.1) is 0 Å². The number of benzene rings is 1. The van der Waals surface area contributed by atoms with E-state index in [4.69, 9.17) is 0 Å². The van der Waals surface area contributed by atoms with Gasteiger partial charge < -0.3 is 5.32 Å². The average molecular weight is 444 g/mol. The van der Waals surface area contributed by atoms with E-state index in [1.165, 1.54) is 12.0 Å². The second-order valence-electron chi connectivity index (χ2n) is 9.43. The van der Waals surface area contributed by atoms with Crippen LogP contribution in [0.5, 0.6) is 0 Å². The van der Waals surface area contributed by atoms with E-state index in [9.17, 15) is 18.5 Å². The zero-order valence-corrected chi connectivity index (χ0v) is 19.1.